The van der Waals surface area contributed by atoms with Crippen molar-refractivity contribution < 1.29 is 4.79 Å². The van der Waals surface area contributed by atoms with Gasteiger partial charge in [-0.05, 0) is 17.5 Å². The molecule has 0 bridgehead atoms. The van der Waals surface area contributed by atoms with Gasteiger partial charge < -0.3 is 0 Å². The minimum Gasteiger partial charge on any atom is -0.276 e. The van der Waals surface area contributed by atoms with Gasteiger partial charge in [0, 0.05) is 5.57 Å². The van der Waals surface area contributed by atoms with Gasteiger partial charge in [0.15, 0.2) is 0 Å². The molecule has 0 N–H and O–H groups in total. The number of carbonyl (C=O) groups is 1. The minimum atomic E-state index is -0.394. The Labute approximate surface area is 66.4 Å². The van der Waals surface area contributed by atoms with Crippen LogP contribution in [0.4, 0.5) is 0 Å². The molecule has 1 nitrogen and oxygen atoms in total. The normalized spacial score (nSPS) is 11.8. The van der Waals surface area contributed by atoms with Crippen molar-refractivity contribution >= 4 is 16.8 Å². The summed E-state index contributed by atoms with van der Waals surface area (Å²) in [7, 11) is 0. The van der Waals surface area contributed by atoms with Gasteiger partial charge in [0.2, 0.25) is 5.24 Å². The molecule has 0 amide bonds. The van der Waals surface area contributed by atoms with Crippen molar-refractivity contribution in [3.63, 3.8) is 0 Å². The standard InChI is InChI=1S/C8H11ClO/c1-4-5-7(6(2)3)8(9)10/h4-6H,1H2,2-3H3. The summed E-state index contributed by atoms with van der Waals surface area (Å²) in [6, 6.07) is 0. The van der Waals surface area contributed by atoms with Crippen LogP contribution in [0.1, 0.15) is 13.8 Å². The highest BCUT2D eigenvalue weighted by molar-refractivity contribution is 6.67. The second-order valence-corrected chi connectivity index (χ2v) is 2.63. The summed E-state index contributed by atoms with van der Waals surface area (Å²) < 4.78 is 0. The summed E-state index contributed by atoms with van der Waals surface area (Å²) in [6.45, 7) is 7.30. The molecule has 0 fully saturated rings. The Kier molecular flexibility index (Phi) is 4.05. The maximum Gasteiger partial charge on any atom is 0.248 e. The number of allylic oxidation sites excluding steroid dienone is 3. The molecule has 0 saturated carbocycles. The summed E-state index contributed by atoms with van der Waals surface area (Å²) in [5.41, 5.74) is 0.608. The summed E-state index contributed by atoms with van der Waals surface area (Å²) in [4.78, 5) is 10.6. The molecular weight excluding hydrogens is 148 g/mol. The van der Waals surface area contributed by atoms with Gasteiger partial charge in [-0.25, -0.2) is 0 Å². The third-order valence-corrected chi connectivity index (χ3v) is 1.36. The molecule has 0 unspecified atom stereocenters. The van der Waals surface area contributed by atoms with Gasteiger partial charge in [0.1, 0.15) is 0 Å². The molecule has 0 aromatic rings. The number of hydrogen-bond acceptors (Lipinski definition) is 1. The third-order valence-electron chi connectivity index (χ3n) is 1.15. The summed E-state index contributed by atoms with van der Waals surface area (Å²) in [5.74, 6) is 0.169. The van der Waals surface area contributed by atoms with Crippen molar-refractivity contribution in [2.45, 2.75) is 13.8 Å². The molecule has 0 spiro atoms. The first-order valence-electron chi connectivity index (χ1n) is 3.12. The number of hydrogen-bond donors (Lipinski definition) is 0. The zero-order valence-electron chi connectivity index (χ0n) is 6.23. The van der Waals surface area contributed by atoms with Crippen LogP contribution in [0.5, 0.6) is 0 Å². The fourth-order valence-electron chi connectivity index (χ4n) is 0.612. The molecule has 0 radical (unpaired) electrons. The summed E-state index contributed by atoms with van der Waals surface area (Å²) in [5, 5.41) is -0.394. The maximum absolute atomic E-state index is 10.6. The van der Waals surface area contributed by atoms with E-state index in [4.69, 9.17) is 11.6 Å². The lowest BCUT2D eigenvalue weighted by Crippen LogP contribution is -2.00. The van der Waals surface area contributed by atoms with Crippen LogP contribution in [-0.2, 0) is 4.79 Å². The zero-order chi connectivity index (χ0) is 8.15. The van der Waals surface area contributed by atoms with Gasteiger partial charge in [-0.15, -0.1) is 0 Å². The molecule has 0 atom stereocenters. The predicted molar refractivity (Wildman–Crippen MR) is 44.0 cm³/mol. The van der Waals surface area contributed by atoms with E-state index in [0.29, 0.717) is 5.57 Å². The van der Waals surface area contributed by atoms with Gasteiger partial charge in [-0.3, -0.25) is 4.79 Å². The summed E-state index contributed by atoms with van der Waals surface area (Å²) >= 11 is 5.26. The molecule has 0 aromatic heterocycles. The predicted octanol–water partition coefficient (Wildman–Crippen LogP) is 2.52. The summed E-state index contributed by atoms with van der Waals surface area (Å²) in [6.07, 6.45) is 3.20. The smallest absolute Gasteiger partial charge is 0.248 e. The first kappa shape index (κ1) is 9.44. The van der Waals surface area contributed by atoms with Crippen molar-refractivity contribution in [3.8, 4) is 0 Å². The zero-order valence-corrected chi connectivity index (χ0v) is 6.98. The van der Waals surface area contributed by atoms with Gasteiger partial charge >= 0.3 is 0 Å². The Morgan fingerprint density at radius 2 is 2.10 bits per heavy atom. The highest BCUT2D eigenvalue weighted by atomic mass is 35.5. The molecule has 0 aliphatic carbocycles. The van der Waals surface area contributed by atoms with Crippen molar-refractivity contribution in [2.24, 2.45) is 5.92 Å². The van der Waals surface area contributed by atoms with Gasteiger partial charge in [0.05, 0.1) is 0 Å². The third kappa shape index (κ3) is 2.83. The van der Waals surface area contributed by atoms with E-state index in [1.54, 1.807) is 12.2 Å². The molecule has 0 heterocycles. The quantitative estimate of drug-likeness (QED) is 0.351. The minimum absolute atomic E-state index is 0.169. The number of rotatable bonds is 3. The first-order chi connectivity index (χ1) is 4.59. The fourth-order valence-corrected chi connectivity index (χ4v) is 0.893. The van der Waals surface area contributed by atoms with Crippen molar-refractivity contribution in [3.05, 3.63) is 24.3 Å². The Morgan fingerprint density at radius 1 is 1.60 bits per heavy atom. The number of halogens is 1. The molecular formula is C8H11ClO. The molecule has 2 heteroatoms. The average Bonchev–Trinajstić information content (AvgIpc) is 1.81. The fraction of sp³-hybridized carbons (Fsp3) is 0.375. The molecule has 56 valence electrons. The van der Waals surface area contributed by atoms with Crippen LogP contribution in [0, 0.1) is 5.92 Å². The molecule has 0 aliphatic rings. The van der Waals surface area contributed by atoms with Gasteiger partial charge in [0.25, 0.3) is 0 Å². The lowest BCUT2D eigenvalue weighted by atomic mass is 10.0. The second-order valence-electron chi connectivity index (χ2n) is 2.29. The molecule has 10 heavy (non-hydrogen) atoms. The molecule has 0 saturated heterocycles. The van der Waals surface area contributed by atoms with Gasteiger partial charge in [-0.2, -0.15) is 0 Å². The topological polar surface area (TPSA) is 17.1 Å². The Balaban J connectivity index is 4.41. The van der Waals surface area contributed by atoms with Crippen LogP contribution in [0.15, 0.2) is 24.3 Å². The van der Waals surface area contributed by atoms with E-state index in [-0.39, 0.29) is 5.92 Å². The van der Waals surface area contributed by atoms with E-state index in [1.807, 2.05) is 13.8 Å². The van der Waals surface area contributed by atoms with Crippen LogP contribution >= 0.6 is 11.6 Å². The monoisotopic (exact) mass is 158 g/mol. The second kappa shape index (κ2) is 4.29. The van der Waals surface area contributed by atoms with Crippen LogP contribution in [0.25, 0.3) is 0 Å². The molecule has 0 aliphatic heterocycles. The van der Waals surface area contributed by atoms with E-state index >= 15 is 0 Å². The van der Waals surface area contributed by atoms with Crippen LogP contribution in [-0.4, -0.2) is 5.24 Å². The largest absolute Gasteiger partial charge is 0.276 e. The Hall–Kier alpha value is -0.560. The first-order valence-corrected chi connectivity index (χ1v) is 3.49. The highest BCUT2D eigenvalue weighted by Gasteiger charge is 2.08. The lowest BCUT2D eigenvalue weighted by molar-refractivity contribution is -0.108. The van der Waals surface area contributed by atoms with E-state index in [0.717, 1.165) is 0 Å². The van der Waals surface area contributed by atoms with Crippen LogP contribution in [0.3, 0.4) is 0 Å². The number of carbonyl (C=O) groups excluding carboxylic acids is 1. The highest BCUT2D eigenvalue weighted by Crippen LogP contribution is 2.12. The van der Waals surface area contributed by atoms with Crippen molar-refractivity contribution in [1.29, 1.82) is 0 Å². The van der Waals surface area contributed by atoms with Crippen LogP contribution < -0.4 is 0 Å². The van der Waals surface area contributed by atoms with E-state index < -0.39 is 5.24 Å². The average molecular weight is 159 g/mol. The SMILES string of the molecule is C=CC=C(C(=O)Cl)C(C)C. The Morgan fingerprint density at radius 3 is 2.20 bits per heavy atom. The Bertz CT molecular complexity index is 168. The molecule has 0 aromatic carbocycles. The van der Waals surface area contributed by atoms with Crippen LogP contribution in [0.2, 0.25) is 0 Å². The van der Waals surface area contributed by atoms with E-state index in [9.17, 15) is 4.79 Å². The van der Waals surface area contributed by atoms with Gasteiger partial charge in [-0.1, -0.05) is 32.6 Å². The van der Waals surface area contributed by atoms with E-state index in [2.05, 4.69) is 6.58 Å². The van der Waals surface area contributed by atoms with Crippen molar-refractivity contribution in [2.75, 3.05) is 0 Å². The molecule has 0 rings (SSSR count). The van der Waals surface area contributed by atoms with Crippen molar-refractivity contribution in [1.82, 2.24) is 0 Å². The maximum atomic E-state index is 10.6. The van der Waals surface area contributed by atoms with E-state index in [1.165, 1.54) is 0 Å². The lowest BCUT2D eigenvalue weighted by Gasteiger charge is -2.03.